The smallest absolute Gasteiger partial charge is 0.0443 e. The minimum Gasteiger partial charge on any atom is -0.309 e. The van der Waals surface area contributed by atoms with E-state index in [2.05, 4.69) is 53.5 Å². The Morgan fingerprint density at radius 2 is 2.00 bits per heavy atom. The minimum absolute atomic E-state index is 0.552. The molecule has 1 aromatic heterocycles. The van der Waals surface area contributed by atoms with Crippen LogP contribution in [0.15, 0.2) is 15.9 Å². The second-order valence-electron chi connectivity index (χ2n) is 5.88. The van der Waals surface area contributed by atoms with Gasteiger partial charge < -0.3 is 5.32 Å². The summed E-state index contributed by atoms with van der Waals surface area (Å²) < 4.78 is 1.22. The molecule has 0 bridgehead atoms. The fourth-order valence-corrected chi connectivity index (χ4v) is 5.10. The zero-order chi connectivity index (χ0) is 13.1. The summed E-state index contributed by atoms with van der Waals surface area (Å²) in [5.41, 5.74) is 0. The first kappa shape index (κ1) is 14.5. The van der Waals surface area contributed by atoms with Gasteiger partial charge in [-0.1, -0.05) is 20.8 Å². The number of hydrogen-bond donors (Lipinski definition) is 1. The van der Waals surface area contributed by atoms with E-state index in [-0.39, 0.29) is 0 Å². The first-order valence-corrected chi connectivity index (χ1v) is 8.74. The van der Waals surface area contributed by atoms with Crippen LogP contribution in [0.25, 0.3) is 0 Å². The molecule has 0 amide bonds. The van der Waals surface area contributed by atoms with Crippen LogP contribution in [0, 0.1) is 17.8 Å². The van der Waals surface area contributed by atoms with Crippen molar-refractivity contribution in [3.63, 3.8) is 0 Å². The van der Waals surface area contributed by atoms with Crippen molar-refractivity contribution in [1.82, 2.24) is 5.32 Å². The average Bonchev–Trinajstić information content (AvgIpc) is 2.71. The van der Waals surface area contributed by atoms with Crippen LogP contribution in [-0.4, -0.2) is 6.54 Å². The fraction of sp³-hybridized carbons (Fsp3) is 0.733. The molecule has 1 saturated carbocycles. The van der Waals surface area contributed by atoms with E-state index in [1.54, 1.807) is 0 Å². The van der Waals surface area contributed by atoms with Gasteiger partial charge in [0.15, 0.2) is 0 Å². The number of hydrogen-bond acceptors (Lipinski definition) is 2. The summed E-state index contributed by atoms with van der Waals surface area (Å²) >= 11 is 5.47. The molecule has 0 radical (unpaired) electrons. The predicted molar refractivity (Wildman–Crippen MR) is 84.1 cm³/mol. The Kier molecular flexibility index (Phi) is 5.28. The molecule has 3 unspecified atom stereocenters. The van der Waals surface area contributed by atoms with Gasteiger partial charge in [-0.2, -0.15) is 0 Å². The van der Waals surface area contributed by atoms with Gasteiger partial charge in [-0.05, 0) is 65.6 Å². The lowest BCUT2D eigenvalue weighted by molar-refractivity contribution is 0.179. The van der Waals surface area contributed by atoms with Crippen LogP contribution in [0.4, 0.5) is 0 Å². The van der Waals surface area contributed by atoms with Gasteiger partial charge in [-0.3, -0.25) is 0 Å². The molecule has 1 aliphatic carbocycles. The van der Waals surface area contributed by atoms with Gasteiger partial charge in [0.05, 0.1) is 0 Å². The molecule has 0 aliphatic heterocycles. The van der Waals surface area contributed by atoms with Crippen molar-refractivity contribution in [2.24, 2.45) is 17.8 Å². The van der Waals surface area contributed by atoms with Gasteiger partial charge in [0.1, 0.15) is 0 Å². The topological polar surface area (TPSA) is 12.0 Å². The molecular weight excluding hydrogens is 306 g/mol. The van der Waals surface area contributed by atoms with E-state index in [9.17, 15) is 0 Å². The van der Waals surface area contributed by atoms with Crippen LogP contribution >= 0.6 is 27.3 Å². The normalized spacial score (nSPS) is 30.3. The predicted octanol–water partition coefficient (Wildman–Crippen LogP) is 5.23. The molecular formula is C15H24BrNS. The van der Waals surface area contributed by atoms with E-state index in [0.717, 1.165) is 24.3 Å². The quantitative estimate of drug-likeness (QED) is 0.797. The molecule has 0 saturated heterocycles. The van der Waals surface area contributed by atoms with E-state index >= 15 is 0 Å². The summed E-state index contributed by atoms with van der Waals surface area (Å²) in [7, 11) is 0. The summed E-state index contributed by atoms with van der Waals surface area (Å²) in [4.78, 5) is 1.50. The average molecular weight is 330 g/mol. The first-order chi connectivity index (χ1) is 8.60. The van der Waals surface area contributed by atoms with E-state index in [1.165, 1.54) is 28.6 Å². The molecule has 102 valence electrons. The Morgan fingerprint density at radius 3 is 2.50 bits per heavy atom. The zero-order valence-corrected chi connectivity index (χ0v) is 14.0. The molecule has 0 aromatic carbocycles. The first-order valence-electron chi connectivity index (χ1n) is 7.07. The summed E-state index contributed by atoms with van der Waals surface area (Å²) in [6, 6.07) is 2.85. The highest BCUT2D eigenvalue weighted by molar-refractivity contribution is 9.10. The maximum atomic E-state index is 3.71. The Hall–Kier alpha value is 0.140. The fourth-order valence-electron chi connectivity index (χ4n) is 3.49. The summed E-state index contributed by atoms with van der Waals surface area (Å²) in [5, 5.41) is 5.92. The van der Waals surface area contributed by atoms with Crippen LogP contribution in [0.2, 0.25) is 0 Å². The standard InChI is InChI=1S/C15H24BrNS/c1-4-17-15(14-8-13(16)9-18-14)12-6-10(2)5-11(3)7-12/h8-12,15,17H,4-7H2,1-3H3. The number of halogens is 1. The zero-order valence-electron chi connectivity index (χ0n) is 11.6. The molecule has 0 spiro atoms. The highest BCUT2D eigenvalue weighted by Crippen LogP contribution is 2.41. The van der Waals surface area contributed by atoms with Crippen molar-refractivity contribution in [1.29, 1.82) is 0 Å². The summed E-state index contributed by atoms with van der Waals surface area (Å²) in [6.45, 7) is 8.09. The van der Waals surface area contributed by atoms with Crippen LogP contribution in [-0.2, 0) is 0 Å². The van der Waals surface area contributed by atoms with Gasteiger partial charge in [0, 0.05) is 20.8 Å². The molecule has 1 aliphatic rings. The molecule has 1 nitrogen and oxygen atoms in total. The van der Waals surface area contributed by atoms with Crippen LogP contribution in [0.1, 0.15) is 51.0 Å². The summed E-state index contributed by atoms with van der Waals surface area (Å²) in [6.07, 6.45) is 4.15. The molecule has 1 heterocycles. The molecule has 1 N–H and O–H groups in total. The van der Waals surface area contributed by atoms with Crippen LogP contribution in [0.5, 0.6) is 0 Å². The van der Waals surface area contributed by atoms with Crippen molar-refractivity contribution in [3.05, 3.63) is 20.8 Å². The van der Waals surface area contributed by atoms with Crippen LogP contribution in [0.3, 0.4) is 0 Å². The van der Waals surface area contributed by atoms with E-state index in [1.807, 2.05) is 11.3 Å². The lowest BCUT2D eigenvalue weighted by Crippen LogP contribution is -2.32. The van der Waals surface area contributed by atoms with Gasteiger partial charge in [0.2, 0.25) is 0 Å². The van der Waals surface area contributed by atoms with Gasteiger partial charge in [-0.25, -0.2) is 0 Å². The SMILES string of the molecule is CCNC(c1cc(Br)cs1)C1CC(C)CC(C)C1. The van der Waals surface area contributed by atoms with Gasteiger partial charge in [-0.15, -0.1) is 11.3 Å². The third-order valence-electron chi connectivity index (χ3n) is 4.00. The second-order valence-corrected chi connectivity index (χ2v) is 7.74. The Labute approximate surface area is 123 Å². The third kappa shape index (κ3) is 3.58. The number of thiophene rings is 1. The van der Waals surface area contributed by atoms with E-state index in [4.69, 9.17) is 0 Å². The van der Waals surface area contributed by atoms with Crippen molar-refractivity contribution < 1.29 is 0 Å². The Bertz CT molecular complexity index is 366. The van der Waals surface area contributed by atoms with Gasteiger partial charge in [0.25, 0.3) is 0 Å². The third-order valence-corrected chi connectivity index (χ3v) is 5.78. The van der Waals surface area contributed by atoms with Crippen LogP contribution < -0.4 is 5.32 Å². The number of nitrogens with one attached hydrogen (secondary N) is 1. The van der Waals surface area contributed by atoms with Crippen molar-refractivity contribution in [2.75, 3.05) is 6.54 Å². The highest BCUT2D eigenvalue weighted by Gasteiger charge is 2.31. The lowest BCUT2D eigenvalue weighted by atomic mass is 9.73. The highest BCUT2D eigenvalue weighted by atomic mass is 79.9. The van der Waals surface area contributed by atoms with Crippen molar-refractivity contribution in [2.45, 2.75) is 46.1 Å². The van der Waals surface area contributed by atoms with E-state index in [0.29, 0.717) is 6.04 Å². The number of rotatable bonds is 4. The van der Waals surface area contributed by atoms with Gasteiger partial charge >= 0.3 is 0 Å². The molecule has 1 fully saturated rings. The molecule has 3 heteroatoms. The lowest BCUT2D eigenvalue weighted by Gasteiger charge is -2.36. The van der Waals surface area contributed by atoms with Crippen molar-refractivity contribution in [3.8, 4) is 0 Å². The van der Waals surface area contributed by atoms with Crippen molar-refractivity contribution >= 4 is 27.3 Å². The maximum Gasteiger partial charge on any atom is 0.0443 e. The largest absolute Gasteiger partial charge is 0.309 e. The molecule has 3 atom stereocenters. The molecule has 18 heavy (non-hydrogen) atoms. The maximum absolute atomic E-state index is 3.71. The molecule has 2 rings (SSSR count). The second kappa shape index (κ2) is 6.53. The monoisotopic (exact) mass is 329 g/mol. The Balaban J connectivity index is 2.14. The minimum atomic E-state index is 0.552. The molecule has 1 aromatic rings. The summed E-state index contributed by atoms with van der Waals surface area (Å²) in [5.74, 6) is 2.56. The Morgan fingerprint density at radius 1 is 1.33 bits per heavy atom. The van der Waals surface area contributed by atoms with E-state index < -0.39 is 0 Å².